The van der Waals surface area contributed by atoms with Crippen LogP contribution in [-0.4, -0.2) is 19.7 Å². The first-order valence-corrected chi connectivity index (χ1v) is 6.84. The van der Waals surface area contributed by atoms with Gasteiger partial charge >= 0.3 is 0 Å². The molecule has 3 heteroatoms. The van der Waals surface area contributed by atoms with Gasteiger partial charge in [0, 0.05) is 36.6 Å². The van der Waals surface area contributed by atoms with Crippen LogP contribution in [0.25, 0.3) is 0 Å². The van der Waals surface area contributed by atoms with Crippen LogP contribution in [0.5, 0.6) is 5.75 Å². The second-order valence-corrected chi connectivity index (χ2v) is 4.86. The van der Waals surface area contributed by atoms with Crippen LogP contribution in [0.4, 0.5) is 11.4 Å². The Morgan fingerprint density at radius 3 is 2.56 bits per heavy atom. The molecule has 0 aliphatic heterocycles. The van der Waals surface area contributed by atoms with Crippen LogP contribution in [0.2, 0.25) is 0 Å². The third-order valence-corrected chi connectivity index (χ3v) is 3.16. The molecule has 1 atom stereocenters. The fourth-order valence-electron chi connectivity index (χ4n) is 1.98. The van der Waals surface area contributed by atoms with Crippen LogP contribution in [-0.2, 0) is 0 Å². The maximum Gasteiger partial charge on any atom is 0.123 e. The maximum atomic E-state index is 5.94. The van der Waals surface area contributed by atoms with Gasteiger partial charge in [-0.05, 0) is 25.8 Å². The zero-order valence-corrected chi connectivity index (χ0v) is 12.1. The fourth-order valence-corrected chi connectivity index (χ4v) is 1.98. The van der Waals surface area contributed by atoms with E-state index in [0.717, 1.165) is 30.2 Å². The summed E-state index contributed by atoms with van der Waals surface area (Å²) in [5, 5.41) is 0. The molecule has 0 heterocycles. The SMILES string of the molecule is CCCOc1cc(N)cc(N(C)C(C)CCC)c1. The summed E-state index contributed by atoms with van der Waals surface area (Å²) in [5.41, 5.74) is 7.82. The number of anilines is 2. The van der Waals surface area contributed by atoms with Crippen molar-refractivity contribution in [2.45, 2.75) is 46.1 Å². The van der Waals surface area contributed by atoms with E-state index < -0.39 is 0 Å². The topological polar surface area (TPSA) is 38.5 Å². The highest BCUT2D eigenvalue weighted by Crippen LogP contribution is 2.27. The van der Waals surface area contributed by atoms with Gasteiger partial charge in [0.2, 0.25) is 0 Å². The minimum absolute atomic E-state index is 0.510. The highest BCUT2D eigenvalue weighted by atomic mass is 16.5. The molecule has 0 saturated carbocycles. The van der Waals surface area contributed by atoms with Crippen LogP contribution in [0, 0.1) is 0 Å². The van der Waals surface area contributed by atoms with Crippen molar-refractivity contribution in [3.05, 3.63) is 18.2 Å². The van der Waals surface area contributed by atoms with E-state index in [1.54, 1.807) is 0 Å². The van der Waals surface area contributed by atoms with Crippen LogP contribution < -0.4 is 15.4 Å². The van der Waals surface area contributed by atoms with Crippen LogP contribution >= 0.6 is 0 Å². The van der Waals surface area contributed by atoms with Crippen molar-refractivity contribution in [1.82, 2.24) is 0 Å². The average Bonchev–Trinajstić information content (AvgIpc) is 2.35. The molecule has 3 nitrogen and oxygen atoms in total. The Balaban J connectivity index is 2.84. The molecule has 0 radical (unpaired) electrons. The first-order valence-electron chi connectivity index (χ1n) is 6.84. The normalized spacial score (nSPS) is 12.2. The molecule has 1 unspecified atom stereocenters. The number of benzene rings is 1. The number of ether oxygens (including phenoxy) is 1. The lowest BCUT2D eigenvalue weighted by molar-refractivity contribution is 0.317. The number of nitrogens with two attached hydrogens (primary N) is 1. The van der Waals surface area contributed by atoms with E-state index in [9.17, 15) is 0 Å². The molecule has 102 valence electrons. The Hall–Kier alpha value is -1.38. The number of nitrogen functional groups attached to an aromatic ring is 1. The molecule has 0 bridgehead atoms. The molecule has 18 heavy (non-hydrogen) atoms. The summed E-state index contributed by atoms with van der Waals surface area (Å²) < 4.78 is 5.66. The van der Waals surface area contributed by atoms with Crippen molar-refractivity contribution in [2.24, 2.45) is 0 Å². The van der Waals surface area contributed by atoms with Crippen LogP contribution in [0.1, 0.15) is 40.0 Å². The van der Waals surface area contributed by atoms with Crippen molar-refractivity contribution in [3.8, 4) is 5.75 Å². The fraction of sp³-hybridized carbons (Fsp3) is 0.600. The van der Waals surface area contributed by atoms with Crippen molar-refractivity contribution in [2.75, 3.05) is 24.3 Å². The first kappa shape index (κ1) is 14.7. The van der Waals surface area contributed by atoms with Gasteiger partial charge in [-0.2, -0.15) is 0 Å². The molecular weight excluding hydrogens is 224 g/mol. The second-order valence-electron chi connectivity index (χ2n) is 4.86. The summed E-state index contributed by atoms with van der Waals surface area (Å²) in [6.07, 6.45) is 3.37. The Bertz CT molecular complexity index is 366. The highest BCUT2D eigenvalue weighted by molar-refractivity contribution is 5.60. The molecule has 1 aromatic rings. The standard InChI is InChI=1S/C15H26N2O/c1-5-7-12(3)17(4)14-9-13(16)10-15(11-14)18-8-6-2/h9-12H,5-8,16H2,1-4H3. The number of hydrogen-bond donors (Lipinski definition) is 1. The summed E-state index contributed by atoms with van der Waals surface area (Å²) in [6, 6.07) is 6.47. The lowest BCUT2D eigenvalue weighted by atomic mass is 10.1. The van der Waals surface area contributed by atoms with Gasteiger partial charge < -0.3 is 15.4 Å². The van der Waals surface area contributed by atoms with Crippen LogP contribution in [0.3, 0.4) is 0 Å². The number of hydrogen-bond acceptors (Lipinski definition) is 3. The third kappa shape index (κ3) is 4.13. The Kier molecular flexibility index (Phi) is 5.83. The predicted octanol–water partition coefficient (Wildman–Crippen LogP) is 3.68. The minimum Gasteiger partial charge on any atom is -0.493 e. The lowest BCUT2D eigenvalue weighted by Crippen LogP contribution is -2.28. The molecule has 0 aliphatic rings. The Morgan fingerprint density at radius 2 is 1.94 bits per heavy atom. The highest BCUT2D eigenvalue weighted by Gasteiger charge is 2.10. The number of nitrogens with zero attached hydrogens (tertiary/aromatic N) is 1. The molecule has 0 aromatic heterocycles. The number of rotatable bonds is 7. The van der Waals surface area contributed by atoms with Gasteiger partial charge in [0.05, 0.1) is 6.61 Å². The molecule has 1 rings (SSSR count). The van der Waals surface area contributed by atoms with Gasteiger partial charge in [0.15, 0.2) is 0 Å². The summed E-state index contributed by atoms with van der Waals surface area (Å²) in [7, 11) is 2.11. The van der Waals surface area contributed by atoms with Crippen molar-refractivity contribution in [3.63, 3.8) is 0 Å². The van der Waals surface area contributed by atoms with Gasteiger partial charge in [0.25, 0.3) is 0 Å². The second kappa shape index (κ2) is 7.14. The van der Waals surface area contributed by atoms with Gasteiger partial charge in [-0.15, -0.1) is 0 Å². The summed E-state index contributed by atoms with van der Waals surface area (Å²) in [4.78, 5) is 2.26. The smallest absolute Gasteiger partial charge is 0.123 e. The van der Waals surface area contributed by atoms with E-state index >= 15 is 0 Å². The lowest BCUT2D eigenvalue weighted by Gasteiger charge is -2.27. The van der Waals surface area contributed by atoms with E-state index in [4.69, 9.17) is 10.5 Å². The maximum absolute atomic E-state index is 5.94. The molecule has 0 amide bonds. The van der Waals surface area contributed by atoms with Crippen molar-refractivity contribution < 1.29 is 4.74 Å². The quantitative estimate of drug-likeness (QED) is 0.750. The van der Waals surface area contributed by atoms with Crippen molar-refractivity contribution >= 4 is 11.4 Å². The average molecular weight is 250 g/mol. The van der Waals surface area contributed by atoms with E-state index in [1.165, 1.54) is 12.8 Å². The zero-order chi connectivity index (χ0) is 13.5. The molecule has 1 aromatic carbocycles. The summed E-state index contributed by atoms with van der Waals surface area (Å²) in [6.45, 7) is 7.28. The van der Waals surface area contributed by atoms with E-state index in [2.05, 4.69) is 38.8 Å². The van der Waals surface area contributed by atoms with Crippen molar-refractivity contribution in [1.29, 1.82) is 0 Å². The first-order chi connectivity index (χ1) is 8.58. The Morgan fingerprint density at radius 1 is 1.22 bits per heavy atom. The molecular formula is C15H26N2O. The summed E-state index contributed by atoms with van der Waals surface area (Å²) in [5.74, 6) is 0.863. The van der Waals surface area contributed by atoms with E-state index in [-0.39, 0.29) is 0 Å². The largest absolute Gasteiger partial charge is 0.493 e. The molecule has 2 N–H and O–H groups in total. The van der Waals surface area contributed by atoms with Gasteiger partial charge in [-0.3, -0.25) is 0 Å². The predicted molar refractivity (Wildman–Crippen MR) is 79.4 cm³/mol. The van der Waals surface area contributed by atoms with E-state index in [1.807, 2.05) is 12.1 Å². The zero-order valence-electron chi connectivity index (χ0n) is 12.1. The monoisotopic (exact) mass is 250 g/mol. The van der Waals surface area contributed by atoms with Gasteiger partial charge in [-0.1, -0.05) is 20.3 Å². The van der Waals surface area contributed by atoms with Gasteiger partial charge in [0.1, 0.15) is 5.75 Å². The molecule has 0 aliphatic carbocycles. The molecule has 0 saturated heterocycles. The Labute approximate surface area is 111 Å². The molecule has 0 spiro atoms. The van der Waals surface area contributed by atoms with Gasteiger partial charge in [-0.25, -0.2) is 0 Å². The third-order valence-electron chi connectivity index (χ3n) is 3.16. The van der Waals surface area contributed by atoms with Crippen LogP contribution in [0.15, 0.2) is 18.2 Å². The summed E-state index contributed by atoms with van der Waals surface area (Å²) >= 11 is 0. The van der Waals surface area contributed by atoms with E-state index in [0.29, 0.717) is 6.04 Å². The minimum atomic E-state index is 0.510. The molecule has 0 fully saturated rings.